The maximum atomic E-state index is 13.1. The van der Waals surface area contributed by atoms with Gasteiger partial charge in [0, 0.05) is 12.6 Å². The van der Waals surface area contributed by atoms with Gasteiger partial charge in [0.2, 0.25) is 5.91 Å². The number of nitrogens with zero attached hydrogens (tertiary/aromatic N) is 3. The monoisotopic (exact) mass is 441 g/mol. The summed E-state index contributed by atoms with van der Waals surface area (Å²) in [5.41, 5.74) is 2.71. The molecule has 2 saturated carbocycles. The smallest absolute Gasteiger partial charge is 0.243 e. The second-order valence-electron chi connectivity index (χ2n) is 9.00. The highest BCUT2D eigenvalue weighted by Gasteiger charge is 2.40. The van der Waals surface area contributed by atoms with Gasteiger partial charge in [0.1, 0.15) is 11.4 Å². The Labute approximate surface area is 193 Å². The van der Waals surface area contributed by atoms with E-state index in [-0.39, 0.29) is 5.91 Å². The minimum atomic E-state index is -1.06. The number of nitrogens with one attached hydrogen (secondary N) is 2. The third-order valence-electron chi connectivity index (χ3n) is 6.92. The van der Waals surface area contributed by atoms with Crippen LogP contribution in [-0.4, -0.2) is 29.0 Å². The van der Waals surface area contributed by atoms with Crippen molar-refractivity contribution in [2.24, 2.45) is 11.8 Å². The largest absolute Gasteiger partial charge is 0.497 e. The lowest BCUT2D eigenvalue weighted by molar-refractivity contribution is -0.121. The highest BCUT2D eigenvalue weighted by atomic mass is 16.5. The number of fused-ring (bicyclic) bond motifs is 3. The van der Waals surface area contributed by atoms with E-state index in [0.717, 1.165) is 29.2 Å². The van der Waals surface area contributed by atoms with Gasteiger partial charge in [0.25, 0.3) is 0 Å². The van der Waals surface area contributed by atoms with Crippen molar-refractivity contribution in [1.82, 2.24) is 15.3 Å². The first-order valence-electron chi connectivity index (χ1n) is 11.5. The number of rotatable bonds is 7. The molecular formula is C26H27N5O2. The van der Waals surface area contributed by atoms with Crippen LogP contribution >= 0.6 is 0 Å². The molecule has 2 N–H and O–H groups in total. The van der Waals surface area contributed by atoms with Crippen LogP contribution in [0.25, 0.3) is 11.0 Å². The number of amides is 1. The van der Waals surface area contributed by atoms with Crippen LogP contribution in [0.15, 0.2) is 48.5 Å². The molecule has 2 aliphatic carbocycles. The SMILES string of the molecule is COc1cccc(CNC(=O)C(C#N)c2nc3ccccc3nc2NC2C[C@H]3CC[C@@H]2C3)c1. The van der Waals surface area contributed by atoms with E-state index in [9.17, 15) is 10.1 Å². The van der Waals surface area contributed by atoms with Crippen molar-refractivity contribution in [2.75, 3.05) is 12.4 Å². The van der Waals surface area contributed by atoms with Crippen molar-refractivity contribution in [2.45, 2.75) is 44.2 Å². The third kappa shape index (κ3) is 4.34. The summed E-state index contributed by atoms with van der Waals surface area (Å²) in [7, 11) is 1.60. The Morgan fingerprint density at radius 1 is 1.15 bits per heavy atom. The van der Waals surface area contributed by atoms with E-state index < -0.39 is 5.92 Å². The molecule has 168 valence electrons. The van der Waals surface area contributed by atoms with E-state index in [1.54, 1.807) is 7.11 Å². The van der Waals surface area contributed by atoms with E-state index >= 15 is 0 Å². The Bertz CT molecular complexity index is 1220. The minimum absolute atomic E-state index is 0.296. The first-order valence-corrected chi connectivity index (χ1v) is 11.5. The van der Waals surface area contributed by atoms with E-state index in [2.05, 4.69) is 16.7 Å². The highest BCUT2D eigenvalue weighted by molar-refractivity contribution is 5.88. The molecule has 0 radical (unpaired) electrons. The van der Waals surface area contributed by atoms with E-state index in [4.69, 9.17) is 14.7 Å². The molecule has 5 rings (SSSR count). The zero-order valence-electron chi connectivity index (χ0n) is 18.6. The number of nitriles is 1. The molecule has 0 saturated heterocycles. The summed E-state index contributed by atoms with van der Waals surface area (Å²) in [6, 6.07) is 17.5. The summed E-state index contributed by atoms with van der Waals surface area (Å²) in [6.07, 6.45) is 4.88. The Balaban J connectivity index is 1.41. The number of hydrogen-bond donors (Lipinski definition) is 2. The quantitative estimate of drug-likeness (QED) is 0.571. The molecule has 0 aliphatic heterocycles. The van der Waals surface area contributed by atoms with Gasteiger partial charge in [-0.2, -0.15) is 5.26 Å². The van der Waals surface area contributed by atoms with Crippen LogP contribution in [-0.2, 0) is 11.3 Å². The molecule has 2 bridgehead atoms. The Kier molecular flexibility index (Phi) is 5.82. The fourth-order valence-corrected chi connectivity index (χ4v) is 5.24. The summed E-state index contributed by atoms with van der Waals surface area (Å²) >= 11 is 0. The van der Waals surface area contributed by atoms with Crippen LogP contribution in [0.1, 0.15) is 42.9 Å². The number of carbonyl (C=O) groups is 1. The first-order chi connectivity index (χ1) is 16.1. The third-order valence-corrected chi connectivity index (χ3v) is 6.92. The van der Waals surface area contributed by atoms with Gasteiger partial charge in [-0.15, -0.1) is 0 Å². The maximum Gasteiger partial charge on any atom is 0.243 e. The van der Waals surface area contributed by atoms with Crippen LogP contribution in [0.3, 0.4) is 0 Å². The maximum absolute atomic E-state index is 13.1. The fraction of sp³-hybridized carbons (Fsp3) is 0.385. The standard InChI is InChI=1S/C26H27N5O2/c1-33-19-6-4-5-17(12-19)15-28-26(32)20(14-27)24-25(30-22-8-3-2-7-21(22)29-24)31-23-13-16-9-10-18(23)11-16/h2-8,12,16,18,20,23H,9-11,13,15H2,1H3,(H,28,32)(H,30,31)/t16-,18+,20?,23?/m0/s1. The predicted octanol–water partition coefficient (Wildman–Crippen LogP) is 4.16. The lowest BCUT2D eigenvalue weighted by Gasteiger charge is -2.25. The van der Waals surface area contributed by atoms with Gasteiger partial charge in [-0.3, -0.25) is 4.79 Å². The summed E-state index contributed by atoms with van der Waals surface area (Å²) in [6.45, 7) is 0.296. The Hall–Kier alpha value is -3.66. The molecule has 2 aromatic carbocycles. The van der Waals surface area contributed by atoms with Crippen molar-refractivity contribution >= 4 is 22.8 Å². The lowest BCUT2D eigenvalue weighted by Crippen LogP contribution is -2.31. The summed E-state index contributed by atoms with van der Waals surface area (Å²) in [4.78, 5) is 22.6. The van der Waals surface area contributed by atoms with Crippen molar-refractivity contribution < 1.29 is 9.53 Å². The molecule has 7 heteroatoms. The molecule has 2 aliphatic rings. The predicted molar refractivity (Wildman–Crippen MR) is 126 cm³/mol. The number of aromatic nitrogens is 2. The summed E-state index contributed by atoms with van der Waals surface area (Å²) < 4.78 is 5.25. The lowest BCUT2D eigenvalue weighted by atomic mass is 9.95. The van der Waals surface area contributed by atoms with Crippen molar-refractivity contribution in [3.8, 4) is 11.8 Å². The van der Waals surface area contributed by atoms with Gasteiger partial charge in [0.15, 0.2) is 11.7 Å². The molecule has 3 aromatic rings. The molecule has 1 amide bonds. The second-order valence-corrected chi connectivity index (χ2v) is 9.00. The van der Waals surface area contributed by atoms with Gasteiger partial charge in [-0.25, -0.2) is 9.97 Å². The molecule has 1 heterocycles. The van der Waals surface area contributed by atoms with Crippen LogP contribution in [0.4, 0.5) is 5.82 Å². The van der Waals surface area contributed by atoms with Crippen LogP contribution in [0.5, 0.6) is 5.75 Å². The number of anilines is 1. The van der Waals surface area contributed by atoms with Crippen molar-refractivity contribution in [3.63, 3.8) is 0 Å². The normalized spacial score (nSPS) is 22.0. The van der Waals surface area contributed by atoms with Gasteiger partial charge in [-0.05, 0) is 60.9 Å². The summed E-state index contributed by atoms with van der Waals surface area (Å²) in [5.74, 6) is 1.21. The molecular weight excluding hydrogens is 414 g/mol. The Morgan fingerprint density at radius 3 is 2.67 bits per heavy atom. The van der Waals surface area contributed by atoms with Gasteiger partial charge in [-0.1, -0.05) is 30.7 Å². The zero-order valence-corrected chi connectivity index (χ0v) is 18.6. The molecule has 2 fully saturated rings. The molecule has 2 unspecified atom stereocenters. The van der Waals surface area contributed by atoms with Crippen LogP contribution < -0.4 is 15.4 Å². The first kappa shape index (κ1) is 21.2. The molecule has 7 nitrogen and oxygen atoms in total. The van der Waals surface area contributed by atoms with Crippen LogP contribution in [0, 0.1) is 23.2 Å². The topological polar surface area (TPSA) is 99.9 Å². The van der Waals surface area contributed by atoms with Gasteiger partial charge >= 0.3 is 0 Å². The molecule has 4 atom stereocenters. The fourth-order valence-electron chi connectivity index (χ4n) is 5.24. The average molecular weight is 442 g/mol. The number of methoxy groups -OCH3 is 1. The van der Waals surface area contributed by atoms with Gasteiger partial charge in [0.05, 0.1) is 24.2 Å². The second kappa shape index (κ2) is 9.07. The van der Waals surface area contributed by atoms with Crippen molar-refractivity contribution in [1.29, 1.82) is 5.26 Å². The zero-order chi connectivity index (χ0) is 22.8. The molecule has 1 aromatic heterocycles. The average Bonchev–Trinajstić information content (AvgIpc) is 3.47. The number of benzene rings is 2. The molecule has 0 spiro atoms. The highest BCUT2D eigenvalue weighted by Crippen LogP contribution is 2.45. The van der Waals surface area contributed by atoms with Gasteiger partial charge < -0.3 is 15.4 Å². The van der Waals surface area contributed by atoms with E-state index in [0.29, 0.717) is 35.5 Å². The number of carbonyl (C=O) groups excluding carboxylic acids is 1. The van der Waals surface area contributed by atoms with Crippen molar-refractivity contribution in [3.05, 3.63) is 59.8 Å². The number of ether oxygens (including phenoxy) is 1. The van der Waals surface area contributed by atoms with E-state index in [1.165, 1.54) is 19.3 Å². The van der Waals surface area contributed by atoms with E-state index in [1.807, 2.05) is 48.5 Å². The minimum Gasteiger partial charge on any atom is -0.497 e. The summed E-state index contributed by atoms with van der Waals surface area (Å²) in [5, 5.41) is 16.4. The Morgan fingerprint density at radius 2 is 1.97 bits per heavy atom. The number of hydrogen-bond acceptors (Lipinski definition) is 6. The molecule has 33 heavy (non-hydrogen) atoms. The number of para-hydroxylation sites is 2. The van der Waals surface area contributed by atoms with Crippen LogP contribution in [0.2, 0.25) is 0 Å².